The molecule has 3 aliphatic rings. The van der Waals surface area contributed by atoms with Crippen LogP contribution in [0, 0.1) is 10.8 Å². The van der Waals surface area contributed by atoms with Gasteiger partial charge in [0, 0.05) is 5.41 Å². The third-order valence-corrected chi connectivity index (χ3v) is 8.52. The second-order valence-corrected chi connectivity index (χ2v) is 8.98. The summed E-state index contributed by atoms with van der Waals surface area (Å²) in [5.74, 6) is 0.317. The van der Waals surface area contributed by atoms with Crippen LogP contribution in [0.3, 0.4) is 0 Å². The molecule has 1 heterocycles. The summed E-state index contributed by atoms with van der Waals surface area (Å²) in [4.78, 5) is 0. The normalized spacial score (nSPS) is 48.1. The van der Waals surface area contributed by atoms with E-state index in [9.17, 15) is 8.42 Å². The van der Waals surface area contributed by atoms with Crippen molar-refractivity contribution >= 4 is 21.4 Å². The molecule has 0 spiro atoms. The van der Waals surface area contributed by atoms with Gasteiger partial charge in [0.25, 0.3) is 0 Å². The zero-order valence-corrected chi connectivity index (χ0v) is 11.8. The van der Waals surface area contributed by atoms with Gasteiger partial charge in [-0.15, -0.1) is 11.6 Å². The van der Waals surface area contributed by atoms with Gasteiger partial charge in [-0.1, -0.05) is 24.5 Å². The van der Waals surface area contributed by atoms with Crippen molar-refractivity contribution in [1.82, 2.24) is 0 Å². The van der Waals surface area contributed by atoms with Crippen LogP contribution in [0.1, 0.15) is 45.4 Å². The van der Waals surface area contributed by atoms with Crippen molar-refractivity contribution in [2.24, 2.45) is 10.8 Å². The SMILES string of the molecule is CC1=CC[C@]23CCCC[C@]2(C1)[C@@H](Cl)S(=O)(=O)C3. The molecule has 0 unspecified atom stereocenters. The number of hydrogen-bond acceptors (Lipinski definition) is 2. The molecule has 0 bridgehead atoms. The predicted octanol–water partition coefficient (Wildman–Crippen LogP) is 3.27. The summed E-state index contributed by atoms with van der Waals surface area (Å²) >= 11 is 6.39. The van der Waals surface area contributed by atoms with Gasteiger partial charge in [0.1, 0.15) is 4.71 Å². The Balaban J connectivity index is 2.17. The van der Waals surface area contributed by atoms with Crippen molar-refractivity contribution in [2.75, 3.05) is 5.75 Å². The van der Waals surface area contributed by atoms with Crippen molar-refractivity contribution in [3.63, 3.8) is 0 Å². The summed E-state index contributed by atoms with van der Waals surface area (Å²) in [7, 11) is -3.10. The molecule has 1 aliphatic heterocycles. The van der Waals surface area contributed by atoms with Crippen LogP contribution in [-0.4, -0.2) is 18.9 Å². The monoisotopic (exact) mass is 274 g/mol. The third kappa shape index (κ3) is 1.42. The lowest BCUT2D eigenvalue weighted by atomic mass is 9.52. The maximum absolute atomic E-state index is 12.2. The lowest BCUT2D eigenvalue weighted by Gasteiger charge is -2.52. The first-order valence-corrected chi connectivity index (χ1v) is 8.58. The van der Waals surface area contributed by atoms with Crippen LogP contribution in [0.5, 0.6) is 0 Å². The third-order valence-electron chi connectivity index (χ3n) is 5.25. The first-order valence-electron chi connectivity index (χ1n) is 6.43. The molecule has 3 atom stereocenters. The van der Waals surface area contributed by atoms with Gasteiger partial charge in [-0.3, -0.25) is 0 Å². The lowest BCUT2D eigenvalue weighted by molar-refractivity contribution is 0.0229. The van der Waals surface area contributed by atoms with E-state index >= 15 is 0 Å². The van der Waals surface area contributed by atoms with Gasteiger partial charge < -0.3 is 0 Å². The van der Waals surface area contributed by atoms with Crippen molar-refractivity contribution in [1.29, 1.82) is 0 Å². The van der Waals surface area contributed by atoms with Gasteiger partial charge in [-0.2, -0.15) is 0 Å². The van der Waals surface area contributed by atoms with Crippen LogP contribution in [0.25, 0.3) is 0 Å². The Bertz CT molecular complexity index is 482. The first kappa shape index (κ1) is 12.0. The molecule has 1 saturated heterocycles. The quantitative estimate of drug-likeness (QED) is 0.502. The Morgan fingerprint density at radius 2 is 2.06 bits per heavy atom. The smallest absolute Gasteiger partial charge is 0.168 e. The molecule has 2 fully saturated rings. The minimum absolute atomic E-state index is 0.0456. The topological polar surface area (TPSA) is 34.1 Å². The van der Waals surface area contributed by atoms with E-state index in [-0.39, 0.29) is 10.8 Å². The molecule has 0 amide bonds. The number of rotatable bonds is 0. The van der Waals surface area contributed by atoms with Crippen LogP contribution >= 0.6 is 11.6 Å². The minimum Gasteiger partial charge on any atom is -0.227 e. The molecule has 2 nitrogen and oxygen atoms in total. The van der Waals surface area contributed by atoms with Crippen molar-refractivity contribution in [3.05, 3.63) is 11.6 Å². The number of allylic oxidation sites excluding steroid dienone is 2. The fourth-order valence-electron chi connectivity index (χ4n) is 4.45. The lowest BCUT2D eigenvalue weighted by Crippen LogP contribution is -2.47. The fourth-order valence-corrected chi connectivity index (χ4v) is 7.66. The summed E-state index contributed by atoms with van der Waals surface area (Å²) in [5, 5.41) is 0. The molecule has 4 heteroatoms. The van der Waals surface area contributed by atoms with Gasteiger partial charge in [0.05, 0.1) is 5.75 Å². The largest absolute Gasteiger partial charge is 0.227 e. The number of alkyl halides is 1. The van der Waals surface area contributed by atoms with Crippen LogP contribution in [0.2, 0.25) is 0 Å². The first-order chi connectivity index (χ1) is 7.92. The highest BCUT2D eigenvalue weighted by atomic mass is 35.5. The summed E-state index contributed by atoms with van der Waals surface area (Å²) in [6.45, 7) is 2.11. The Labute approximate surface area is 108 Å². The minimum atomic E-state index is -3.10. The van der Waals surface area contributed by atoms with Crippen LogP contribution < -0.4 is 0 Å². The number of halogens is 1. The van der Waals surface area contributed by atoms with Crippen molar-refractivity contribution < 1.29 is 8.42 Å². The molecule has 3 rings (SSSR count). The van der Waals surface area contributed by atoms with E-state index in [0.29, 0.717) is 5.75 Å². The average Bonchev–Trinajstić information content (AvgIpc) is 2.45. The molecule has 17 heavy (non-hydrogen) atoms. The zero-order chi connectivity index (χ0) is 12.3. The molecule has 0 aromatic carbocycles. The van der Waals surface area contributed by atoms with Crippen LogP contribution in [0.4, 0.5) is 0 Å². The molecule has 1 saturated carbocycles. The molecule has 0 N–H and O–H groups in total. The Kier molecular flexibility index (Phi) is 2.48. The summed E-state index contributed by atoms with van der Waals surface area (Å²) in [5.41, 5.74) is 1.12. The highest BCUT2D eigenvalue weighted by molar-refractivity contribution is 7.93. The van der Waals surface area contributed by atoms with Gasteiger partial charge in [0.2, 0.25) is 0 Å². The molecule has 0 aromatic heterocycles. The van der Waals surface area contributed by atoms with Crippen molar-refractivity contribution in [2.45, 2.75) is 50.2 Å². The molecule has 0 aromatic rings. The number of hydrogen-bond donors (Lipinski definition) is 0. The molecular formula is C13H19ClO2S. The number of sulfone groups is 1. The summed E-state index contributed by atoms with van der Waals surface area (Å²) < 4.78 is 23.8. The standard InChI is InChI=1S/C13H19ClO2S/c1-10-4-7-12-5-2-3-6-13(12,8-10)11(14)17(15,16)9-12/h4,11H,2-3,5-9H2,1H3/t11-,12-,13-/m0/s1. The highest BCUT2D eigenvalue weighted by Crippen LogP contribution is 2.67. The molecule has 2 aliphatic carbocycles. The molecule has 0 radical (unpaired) electrons. The van der Waals surface area contributed by atoms with E-state index in [1.165, 1.54) is 5.57 Å². The van der Waals surface area contributed by atoms with Crippen molar-refractivity contribution in [3.8, 4) is 0 Å². The van der Waals surface area contributed by atoms with E-state index in [2.05, 4.69) is 13.0 Å². The maximum atomic E-state index is 12.2. The van der Waals surface area contributed by atoms with E-state index in [1.54, 1.807) is 0 Å². The van der Waals surface area contributed by atoms with E-state index in [1.807, 2.05) is 0 Å². The molecule has 96 valence electrons. The summed E-state index contributed by atoms with van der Waals surface area (Å²) in [6, 6.07) is 0. The second kappa shape index (κ2) is 3.51. The Hall–Kier alpha value is -0.0200. The van der Waals surface area contributed by atoms with Crippen LogP contribution in [0.15, 0.2) is 11.6 Å². The van der Waals surface area contributed by atoms with Crippen LogP contribution in [-0.2, 0) is 9.84 Å². The maximum Gasteiger partial charge on any atom is 0.168 e. The Morgan fingerprint density at radius 3 is 2.82 bits per heavy atom. The predicted molar refractivity (Wildman–Crippen MR) is 69.8 cm³/mol. The Morgan fingerprint density at radius 1 is 1.35 bits per heavy atom. The van der Waals surface area contributed by atoms with Gasteiger partial charge >= 0.3 is 0 Å². The molecular weight excluding hydrogens is 256 g/mol. The van der Waals surface area contributed by atoms with Gasteiger partial charge in [0.15, 0.2) is 9.84 Å². The summed E-state index contributed by atoms with van der Waals surface area (Å²) in [6.07, 6.45) is 8.38. The van der Waals surface area contributed by atoms with E-state index < -0.39 is 14.5 Å². The van der Waals surface area contributed by atoms with E-state index in [0.717, 1.165) is 38.5 Å². The van der Waals surface area contributed by atoms with Gasteiger partial charge in [-0.25, -0.2) is 8.42 Å². The zero-order valence-electron chi connectivity index (χ0n) is 10.2. The van der Waals surface area contributed by atoms with E-state index in [4.69, 9.17) is 11.6 Å². The van der Waals surface area contributed by atoms with Gasteiger partial charge in [-0.05, 0) is 38.0 Å². The highest BCUT2D eigenvalue weighted by Gasteiger charge is 2.66. The second-order valence-electron chi connectivity index (χ2n) is 6.20. The average molecular weight is 275 g/mol. The fraction of sp³-hybridized carbons (Fsp3) is 0.846.